The number of benzene rings is 1. The Morgan fingerprint density at radius 2 is 2.00 bits per heavy atom. The number of anilines is 1. The molecular formula is C15H25NO. The molecule has 1 aromatic rings. The van der Waals surface area contributed by atoms with Crippen LogP contribution in [0, 0.1) is 12.3 Å². The molecule has 1 aromatic carbocycles. The molecule has 1 unspecified atom stereocenters. The summed E-state index contributed by atoms with van der Waals surface area (Å²) in [5, 5.41) is 12.9. The molecule has 17 heavy (non-hydrogen) atoms. The maximum atomic E-state index is 9.42. The Kier molecular flexibility index (Phi) is 5.01. The van der Waals surface area contributed by atoms with Crippen molar-refractivity contribution in [3.63, 3.8) is 0 Å². The largest absolute Gasteiger partial charge is 0.396 e. The van der Waals surface area contributed by atoms with Gasteiger partial charge in [-0.15, -0.1) is 0 Å². The van der Waals surface area contributed by atoms with Gasteiger partial charge in [-0.2, -0.15) is 0 Å². The molecule has 0 radical (unpaired) electrons. The van der Waals surface area contributed by atoms with Crippen molar-refractivity contribution in [2.24, 2.45) is 5.41 Å². The van der Waals surface area contributed by atoms with Crippen molar-refractivity contribution in [2.45, 2.75) is 40.5 Å². The summed E-state index contributed by atoms with van der Waals surface area (Å²) in [6, 6.07) is 6.39. The minimum Gasteiger partial charge on any atom is -0.396 e. The lowest BCUT2D eigenvalue weighted by molar-refractivity contribution is 0.149. The smallest absolute Gasteiger partial charge is 0.0501 e. The third-order valence-corrected chi connectivity index (χ3v) is 3.67. The van der Waals surface area contributed by atoms with E-state index in [0.29, 0.717) is 0 Å². The molecule has 2 N–H and O–H groups in total. The molecule has 1 rings (SSSR count). The van der Waals surface area contributed by atoms with Crippen LogP contribution in [0.15, 0.2) is 18.2 Å². The van der Waals surface area contributed by atoms with E-state index in [1.807, 2.05) is 0 Å². The molecule has 1 atom stereocenters. The number of aliphatic hydroxyl groups is 1. The minimum absolute atomic E-state index is 0.0344. The number of rotatable bonds is 6. The summed E-state index contributed by atoms with van der Waals surface area (Å²) < 4.78 is 0. The van der Waals surface area contributed by atoms with E-state index < -0.39 is 0 Å². The molecule has 0 aliphatic rings. The molecule has 0 heterocycles. The Morgan fingerprint density at radius 3 is 2.53 bits per heavy atom. The first-order chi connectivity index (χ1) is 8.06. The number of aliphatic hydroxyl groups excluding tert-OH is 1. The van der Waals surface area contributed by atoms with E-state index in [4.69, 9.17) is 0 Å². The summed E-state index contributed by atoms with van der Waals surface area (Å²) in [5.74, 6) is 0. The molecule has 0 spiro atoms. The van der Waals surface area contributed by atoms with Crippen LogP contribution in [0.1, 0.15) is 38.3 Å². The summed E-state index contributed by atoms with van der Waals surface area (Å²) in [6.07, 6.45) is 2.01. The van der Waals surface area contributed by atoms with Gasteiger partial charge in [-0.05, 0) is 30.9 Å². The second kappa shape index (κ2) is 6.06. The zero-order chi connectivity index (χ0) is 12.9. The Hall–Kier alpha value is -1.02. The van der Waals surface area contributed by atoms with Gasteiger partial charge >= 0.3 is 0 Å². The SMILES string of the molecule is CCc1cccc(C)c1NCC(C)(CC)CO. The van der Waals surface area contributed by atoms with Crippen molar-refractivity contribution in [3.8, 4) is 0 Å². The van der Waals surface area contributed by atoms with Crippen LogP contribution in [0.5, 0.6) is 0 Å². The summed E-state index contributed by atoms with van der Waals surface area (Å²) in [4.78, 5) is 0. The lowest BCUT2D eigenvalue weighted by Crippen LogP contribution is -2.30. The van der Waals surface area contributed by atoms with Crippen LogP contribution in [0.4, 0.5) is 5.69 Å². The van der Waals surface area contributed by atoms with E-state index in [0.717, 1.165) is 19.4 Å². The standard InChI is InChI=1S/C15H25NO/c1-5-13-9-7-8-12(3)14(13)16-10-15(4,6-2)11-17/h7-9,16-17H,5-6,10-11H2,1-4H3. The minimum atomic E-state index is -0.0344. The first kappa shape index (κ1) is 14.0. The van der Waals surface area contributed by atoms with E-state index in [9.17, 15) is 5.11 Å². The first-order valence-electron chi connectivity index (χ1n) is 6.49. The predicted molar refractivity (Wildman–Crippen MR) is 74.5 cm³/mol. The van der Waals surface area contributed by atoms with Crippen LogP contribution >= 0.6 is 0 Å². The topological polar surface area (TPSA) is 32.3 Å². The summed E-state index contributed by atoms with van der Waals surface area (Å²) in [7, 11) is 0. The molecule has 0 saturated heterocycles. The number of nitrogens with one attached hydrogen (secondary N) is 1. The van der Waals surface area contributed by atoms with Crippen molar-refractivity contribution in [2.75, 3.05) is 18.5 Å². The average Bonchev–Trinajstić information content (AvgIpc) is 2.36. The van der Waals surface area contributed by atoms with E-state index >= 15 is 0 Å². The van der Waals surface area contributed by atoms with Gasteiger partial charge in [0.05, 0.1) is 6.61 Å². The molecule has 0 aliphatic carbocycles. The molecule has 0 amide bonds. The van der Waals surface area contributed by atoms with Crippen LogP contribution in [-0.2, 0) is 6.42 Å². The van der Waals surface area contributed by atoms with Crippen molar-refractivity contribution in [1.82, 2.24) is 0 Å². The lowest BCUT2D eigenvalue weighted by Gasteiger charge is -2.27. The first-order valence-corrected chi connectivity index (χ1v) is 6.49. The predicted octanol–water partition coefficient (Wildman–Crippen LogP) is 3.38. The van der Waals surface area contributed by atoms with Crippen molar-refractivity contribution < 1.29 is 5.11 Å². The molecule has 2 heteroatoms. The molecule has 0 aromatic heterocycles. The van der Waals surface area contributed by atoms with Crippen LogP contribution in [0.25, 0.3) is 0 Å². The summed E-state index contributed by atoms with van der Waals surface area (Å²) in [5.41, 5.74) is 3.83. The van der Waals surface area contributed by atoms with Gasteiger partial charge in [0.15, 0.2) is 0 Å². The average molecular weight is 235 g/mol. The Bertz CT molecular complexity index is 356. The molecule has 0 bridgehead atoms. The highest BCUT2D eigenvalue weighted by atomic mass is 16.3. The van der Waals surface area contributed by atoms with Crippen molar-refractivity contribution in [3.05, 3.63) is 29.3 Å². The Balaban J connectivity index is 2.81. The fourth-order valence-electron chi connectivity index (χ4n) is 1.87. The van der Waals surface area contributed by atoms with Gasteiger partial charge < -0.3 is 10.4 Å². The van der Waals surface area contributed by atoms with Crippen molar-refractivity contribution in [1.29, 1.82) is 0 Å². The van der Waals surface area contributed by atoms with E-state index in [1.165, 1.54) is 16.8 Å². The van der Waals surface area contributed by atoms with E-state index in [2.05, 4.69) is 51.2 Å². The van der Waals surface area contributed by atoms with Gasteiger partial charge in [-0.25, -0.2) is 0 Å². The normalized spacial score (nSPS) is 14.4. The Morgan fingerprint density at radius 1 is 1.29 bits per heavy atom. The number of aryl methyl sites for hydroxylation is 2. The van der Waals surface area contributed by atoms with E-state index in [1.54, 1.807) is 0 Å². The van der Waals surface area contributed by atoms with Crippen molar-refractivity contribution >= 4 is 5.69 Å². The zero-order valence-electron chi connectivity index (χ0n) is 11.5. The van der Waals surface area contributed by atoms with Crippen LogP contribution in [0.3, 0.4) is 0 Å². The van der Waals surface area contributed by atoms with Gasteiger partial charge in [0.25, 0.3) is 0 Å². The number of hydrogen-bond acceptors (Lipinski definition) is 2. The molecule has 0 saturated carbocycles. The van der Waals surface area contributed by atoms with Crippen LogP contribution < -0.4 is 5.32 Å². The van der Waals surface area contributed by atoms with E-state index in [-0.39, 0.29) is 12.0 Å². The molecule has 0 aliphatic heterocycles. The maximum Gasteiger partial charge on any atom is 0.0501 e. The maximum absolute atomic E-state index is 9.42. The molecule has 96 valence electrons. The second-order valence-electron chi connectivity index (χ2n) is 5.14. The summed E-state index contributed by atoms with van der Waals surface area (Å²) >= 11 is 0. The fourth-order valence-corrected chi connectivity index (χ4v) is 1.87. The summed E-state index contributed by atoms with van der Waals surface area (Å²) in [6.45, 7) is 9.58. The lowest BCUT2D eigenvalue weighted by atomic mass is 9.88. The van der Waals surface area contributed by atoms with Gasteiger partial charge in [-0.3, -0.25) is 0 Å². The zero-order valence-corrected chi connectivity index (χ0v) is 11.5. The van der Waals surface area contributed by atoms with Crippen LogP contribution in [0.2, 0.25) is 0 Å². The molecule has 0 fully saturated rings. The van der Waals surface area contributed by atoms with Gasteiger partial charge in [0.1, 0.15) is 0 Å². The monoisotopic (exact) mass is 235 g/mol. The fraction of sp³-hybridized carbons (Fsp3) is 0.600. The van der Waals surface area contributed by atoms with Gasteiger partial charge in [-0.1, -0.05) is 39.0 Å². The van der Waals surface area contributed by atoms with Crippen LogP contribution in [-0.4, -0.2) is 18.3 Å². The van der Waals surface area contributed by atoms with Gasteiger partial charge in [0.2, 0.25) is 0 Å². The highest BCUT2D eigenvalue weighted by Crippen LogP contribution is 2.25. The highest BCUT2D eigenvalue weighted by Gasteiger charge is 2.21. The highest BCUT2D eigenvalue weighted by molar-refractivity contribution is 5.57. The third kappa shape index (κ3) is 3.47. The molecular weight excluding hydrogens is 210 g/mol. The number of para-hydroxylation sites is 1. The Labute approximate surface area is 105 Å². The number of hydrogen-bond donors (Lipinski definition) is 2. The quantitative estimate of drug-likeness (QED) is 0.792. The third-order valence-electron chi connectivity index (χ3n) is 3.67. The second-order valence-corrected chi connectivity index (χ2v) is 5.14. The van der Waals surface area contributed by atoms with Gasteiger partial charge in [0, 0.05) is 17.6 Å². The molecule has 2 nitrogen and oxygen atoms in total.